The Morgan fingerprint density at radius 3 is 2.83 bits per heavy atom. The van der Waals surface area contributed by atoms with Crippen molar-refractivity contribution in [2.75, 3.05) is 7.05 Å². The highest BCUT2D eigenvalue weighted by molar-refractivity contribution is 7.20. The Hall–Kier alpha value is -0.550. The van der Waals surface area contributed by atoms with Crippen LogP contribution in [0, 0.1) is 0 Å². The van der Waals surface area contributed by atoms with Gasteiger partial charge < -0.3 is 5.32 Å². The third kappa shape index (κ3) is 2.72. The summed E-state index contributed by atoms with van der Waals surface area (Å²) in [6.45, 7) is 3.03. The van der Waals surface area contributed by atoms with Gasteiger partial charge in [0.25, 0.3) is 0 Å². The molecular weight excluding hydrogens is 289 g/mol. The van der Waals surface area contributed by atoms with Crippen LogP contribution in [0.3, 0.4) is 0 Å². The highest BCUT2D eigenvalue weighted by Gasteiger charge is 2.21. The minimum atomic E-state index is 0.0234. The summed E-state index contributed by atoms with van der Waals surface area (Å²) in [5, 5.41) is 7.62. The van der Waals surface area contributed by atoms with Gasteiger partial charge in [0.2, 0.25) is 0 Å². The van der Waals surface area contributed by atoms with Gasteiger partial charge in [0.15, 0.2) is 0 Å². The van der Waals surface area contributed by atoms with Gasteiger partial charge in [-0.05, 0) is 25.6 Å². The molecular formula is C12H15Cl2N3S. The molecule has 1 N–H and O–H groups in total. The normalized spacial score (nSPS) is 12.9. The van der Waals surface area contributed by atoms with Crippen molar-refractivity contribution >= 4 is 34.5 Å². The molecule has 0 aliphatic carbocycles. The largest absolute Gasteiger partial charge is 0.308 e. The van der Waals surface area contributed by atoms with Gasteiger partial charge in [-0.25, -0.2) is 0 Å². The van der Waals surface area contributed by atoms with E-state index < -0.39 is 0 Å². The van der Waals surface area contributed by atoms with Gasteiger partial charge in [0, 0.05) is 18.3 Å². The smallest absolute Gasteiger partial charge is 0.0996 e. The van der Waals surface area contributed by atoms with Gasteiger partial charge >= 0.3 is 0 Å². The Labute approximate surface area is 121 Å². The predicted octanol–water partition coefficient (Wildman–Crippen LogP) is 3.97. The number of hydrogen-bond donors (Lipinski definition) is 1. The zero-order valence-corrected chi connectivity index (χ0v) is 12.6. The van der Waals surface area contributed by atoms with Crippen molar-refractivity contribution in [2.24, 2.45) is 0 Å². The van der Waals surface area contributed by atoms with E-state index in [-0.39, 0.29) is 6.04 Å². The fourth-order valence-electron chi connectivity index (χ4n) is 2.00. The van der Waals surface area contributed by atoms with E-state index in [4.69, 9.17) is 23.2 Å². The van der Waals surface area contributed by atoms with Crippen LogP contribution < -0.4 is 5.32 Å². The molecule has 2 heterocycles. The Morgan fingerprint density at radius 2 is 2.28 bits per heavy atom. The average molecular weight is 304 g/mol. The van der Waals surface area contributed by atoms with Gasteiger partial charge in [-0.3, -0.25) is 4.68 Å². The molecule has 0 aromatic carbocycles. The van der Waals surface area contributed by atoms with Gasteiger partial charge in [0.1, 0.15) is 0 Å². The van der Waals surface area contributed by atoms with E-state index in [9.17, 15) is 0 Å². The zero-order valence-electron chi connectivity index (χ0n) is 10.3. The summed E-state index contributed by atoms with van der Waals surface area (Å²) in [5.41, 5.74) is 2.11. The van der Waals surface area contributed by atoms with Gasteiger partial charge in [-0.2, -0.15) is 5.10 Å². The van der Waals surface area contributed by atoms with Crippen molar-refractivity contribution < 1.29 is 0 Å². The van der Waals surface area contributed by atoms with E-state index >= 15 is 0 Å². The number of aryl methyl sites for hydroxylation is 1. The molecule has 3 nitrogen and oxygen atoms in total. The Morgan fingerprint density at radius 1 is 1.50 bits per heavy atom. The molecule has 98 valence electrons. The fraction of sp³-hybridized carbons (Fsp3) is 0.417. The summed E-state index contributed by atoms with van der Waals surface area (Å²) in [7, 11) is 1.91. The number of hydrogen-bond acceptors (Lipinski definition) is 3. The van der Waals surface area contributed by atoms with Crippen molar-refractivity contribution in [1.82, 2.24) is 15.1 Å². The lowest BCUT2D eigenvalue weighted by Gasteiger charge is -2.17. The molecule has 1 unspecified atom stereocenters. The van der Waals surface area contributed by atoms with E-state index in [1.807, 2.05) is 30.1 Å². The molecule has 18 heavy (non-hydrogen) atoms. The monoisotopic (exact) mass is 303 g/mol. The molecule has 2 aromatic rings. The molecule has 6 heteroatoms. The quantitative estimate of drug-likeness (QED) is 0.906. The summed E-state index contributed by atoms with van der Waals surface area (Å²) >= 11 is 13.6. The van der Waals surface area contributed by atoms with Crippen LogP contribution in [0.25, 0.3) is 0 Å². The highest BCUT2D eigenvalue weighted by atomic mass is 35.5. The van der Waals surface area contributed by atoms with E-state index in [0.717, 1.165) is 28.6 Å². The van der Waals surface area contributed by atoms with Crippen LogP contribution in [0.4, 0.5) is 0 Å². The molecule has 0 bridgehead atoms. The van der Waals surface area contributed by atoms with E-state index in [1.165, 1.54) is 11.3 Å². The second-order valence-corrected chi connectivity index (χ2v) is 6.27. The second-order valence-electron chi connectivity index (χ2n) is 3.98. The van der Waals surface area contributed by atoms with Crippen LogP contribution in [-0.4, -0.2) is 16.8 Å². The van der Waals surface area contributed by atoms with Crippen molar-refractivity contribution in [2.45, 2.75) is 25.9 Å². The minimum Gasteiger partial charge on any atom is -0.308 e. The topological polar surface area (TPSA) is 29.9 Å². The average Bonchev–Trinajstić information content (AvgIpc) is 2.89. The third-order valence-corrected chi connectivity index (χ3v) is 4.28. The van der Waals surface area contributed by atoms with Crippen LogP contribution >= 0.6 is 34.5 Å². The van der Waals surface area contributed by atoms with Crippen LogP contribution in [0.15, 0.2) is 18.3 Å². The number of thiophene rings is 1. The Kier molecular flexibility index (Phi) is 4.67. The summed E-state index contributed by atoms with van der Waals surface area (Å²) in [4.78, 5) is 0. The number of halogens is 2. The Balaban J connectivity index is 2.39. The van der Waals surface area contributed by atoms with Crippen molar-refractivity contribution in [3.8, 4) is 0 Å². The molecule has 0 aliphatic rings. The van der Waals surface area contributed by atoms with Crippen LogP contribution in [-0.2, 0) is 6.54 Å². The molecule has 0 amide bonds. The first-order valence-corrected chi connectivity index (χ1v) is 7.38. The number of rotatable bonds is 5. The number of nitrogens with one attached hydrogen (secondary N) is 1. The molecule has 1 atom stereocenters. The lowest BCUT2D eigenvalue weighted by atomic mass is 10.1. The maximum atomic E-state index is 6.23. The van der Waals surface area contributed by atoms with Crippen LogP contribution in [0.2, 0.25) is 8.67 Å². The molecule has 0 saturated carbocycles. The molecule has 2 rings (SSSR count). The first-order valence-electron chi connectivity index (χ1n) is 5.81. The summed E-state index contributed by atoms with van der Waals surface area (Å²) < 4.78 is 3.43. The van der Waals surface area contributed by atoms with Gasteiger partial charge in [-0.15, -0.1) is 11.3 Å². The van der Waals surface area contributed by atoms with Gasteiger partial charge in [-0.1, -0.05) is 30.1 Å². The molecule has 0 saturated heterocycles. The molecule has 0 radical (unpaired) electrons. The number of nitrogens with zero attached hydrogens (tertiary/aromatic N) is 2. The highest BCUT2D eigenvalue weighted by Crippen LogP contribution is 2.37. The van der Waals surface area contributed by atoms with Crippen molar-refractivity contribution in [1.29, 1.82) is 0 Å². The SMILES string of the molecule is CCCn1nccc1C(NC)c1cc(Cl)sc1Cl. The molecule has 2 aromatic heterocycles. The Bertz CT molecular complexity index is 521. The molecule has 0 spiro atoms. The van der Waals surface area contributed by atoms with Crippen LogP contribution in [0.5, 0.6) is 0 Å². The predicted molar refractivity (Wildman–Crippen MR) is 77.8 cm³/mol. The van der Waals surface area contributed by atoms with Gasteiger partial charge in [0.05, 0.1) is 20.4 Å². The standard InChI is InChI=1S/C12H15Cl2N3S/c1-3-6-17-9(4-5-16-17)11(15-2)8-7-10(13)18-12(8)14/h4-5,7,11,15H,3,6H2,1-2H3. The first-order chi connectivity index (χ1) is 8.67. The zero-order chi connectivity index (χ0) is 13.1. The third-order valence-electron chi connectivity index (χ3n) is 2.76. The lowest BCUT2D eigenvalue weighted by Crippen LogP contribution is -2.21. The van der Waals surface area contributed by atoms with Crippen molar-refractivity contribution in [3.63, 3.8) is 0 Å². The second kappa shape index (κ2) is 6.06. The van der Waals surface area contributed by atoms with E-state index in [1.54, 1.807) is 0 Å². The summed E-state index contributed by atoms with van der Waals surface area (Å²) in [6, 6.07) is 3.95. The maximum Gasteiger partial charge on any atom is 0.0996 e. The first kappa shape index (κ1) is 13.9. The van der Waals surface area contributed by atoms with E-state index in [0.29, 0.717) is 4.34 Å². The fourth-order valence-corrected chi connectivity index (χ4v) is 3.53. The molecule has 0 aliphatic heterocycles. The van der Waals surface area contributed by atoms with Crippen molar-refractivity contribution in [3.05, 3.63) is 38.3 Å². The summed E-state index contributed by atoms with van der Waals surface area (Å²) in [5.74, 6) is 0. The molecule has 0 fully saturated rings. The maximum absolute atomic E-state index is 6.23. The van der Waals surface area contributed by atoms with E-state index in [2.05, 4.69) is 17.3 Å². The minimum absolute atomic E-state index is 0.0234. The summed E-state index contributed by atoms with van der Waals surface area (Å²) in [6.07, 6.45) is 2.86. The van der Waals surface area contributed by atoms with Crippen LogP contribution in [0.1, 0.15) is 30.6 Å². The number of aromatic nitrogens is 2. The lowest BCUT2D eigenvalue weighted by molar-refractivity contribution is 0.535.